The maximum atomic E-state index is 3.49. The Balaban J connectivity index is 2.60. The molecule has 0 saturated heterocycles. The Labute approximate surface area is 89.1 Å². The molecule has 1 saturated carbocycles. The van der Waals surface area contributed by atoms with E-state index in [9.17, 15) is 0 Å². The zero-order chi connectivity index (χ0) is 10.6. The third-order valence-corrected chi connectivity index (χ3v) is 3.69. The van der Waals surface area contributed by atoms with Crippen LogP contribution in [0.4, 0.5) is 0 Å². The molecule has 1 aliphatic rings. The second-order valence-corrected chi connectivity index (χ2v) is 4.86. The van der Waals surface area contributed by atoms with Crippen molar-refractivity contribution in [2.75, 3.05) is 14.1 Å². The van der Waals surface area contributed by atoms with Crippen LogP contribution in [-0.2, 0) is 0 Å². The topological polar surface area (TPSA) is 15.3 Å². The molecular weight excluding hydrogens is 172 g/mol. The fourth-order valence-corrected chi connectivity index (χ4v) is 2.50. The van der Waals surface area contributed by atoms with Crippen molar-refractivity contribution in [1.82, 2.24) is 10.2 Å². The zero-order valence-corrected chi connectivity index (χ0v) is 10.2. The van der Waals surface area contributed by atoms with Gasteiger partial charge in [0.25, 0.3) is 0 Å². The summed E-state index contributed by atoms with van der Waals surface area (Å²) in [5, 5.41) is 3.49. The summed E-state index contributed by atoms with van der Waals surface area (Å²) in [5.41, 5.74) is 0. The Bertz CT molecular complexity index is 156. The molecule has 14 heavy (non-hydrogen) atoms. The van der Waals surface area contributed by atoms with Gasteiger partial charge in [-0.1, -0.05) is 19.3 Å². The van der Waals surface area contributed by atoms with Gasteiger partial charge in [-0.15, -0.1) is 0 Å². The summed E-state index contributed by atoms with van der Waals surface area (Å²) in [6, 6.07) is 2.10. The van der Waals surface area contributed by atoms with Crippen LogP contribution in [0.15, 0.2) is 0 Å². The second kappa shape index (κ2) is 5.72. The van der Waals surface area contributed by atoms with Gasteiger partial charge in [-0.25, -0.2) is 0 Å². The predicted molar refractivity (Wildman–Crippen MR) is 62.6 cm³/mol. The molecule has 2 unspecified atom stereocenters. The molecule has 84 valence electrons. The lowest BCUT2D eigenvalue weighted by atomic mass is 10.0. The van der Waals surface area contributed by atoms with E-state index in [1.807, 2.05) is 0 Å². The monoisotopic (exact) mass is 198 g/mol. The SMILES string of the molecule is CNC1CCCCCC1N(C)C(C)C. The Morgan fingerprint density at radius 2 is 1.79 bits per heavy atom. The van der Waals surface area contributed by atoms with Crippen LogP contribution in [0.2, 0.25) is 0 Å². The van der Waals surface area contributed by atoms with Gasteiger partial charge < -0.3 is 5.32 Å². The van der Waals surface area contributed by atoms with Crippen molar-refractivity contribution in [3.8, 4) is 0 Å². The minimum Gasteiger partial charge on any atom is -0.315 e. The summed E-state index contributed by atoms with van der Waals surface area (Å²) >= 11 is 0. The molecule has 2 nitrogen and oxygen atoms in total. The molecule has 1 N–H and O–H groups in total. The second-order valence-electron chi connectivity index (χ2n) is 4.86. The quantitative estimate of drug-likeness (QED) is 0.700. The summed E-state index contributed by atoms with van der Waals surface area (Å²) in [4.78, 5) is 2.53. The zero-order valence-electron chi connectivity index (χ0n) is 10.2. The average molecular weight is 198 g/mol. The van der Waals surface area contributed by atoms with Crippen LogP contribution < -0.4 is 5.32 Å². The van der Waals surface area contributed by atoms with E-state index in [1.165, 1.54) is 32.1 Å². The van der Waals surface area contributed by atoms with E-state index in [1.54, 1.807) is 0 Å². The summed E-state index contributed by atoms with van der Waals surface area (Å²) in [5.74, 6) is 0. The molecule has 0 heterocycles. The van der Waals surface area contributed by atoms with Gasteiger partial charge in [-0.3, -0.25) is 4.90 Å². The van der Waals surface area contributed by atoms with E-state index in [0.717, 1.165) is 6.04 Å². The first kappa shape index (κ1) is 12.0. The number of hydrogen-bond acceptors (Lipinski definition) is 2. The van der Waals surface area contributed by atoms with Crippen LogP contribution in [0.25, 0.3) is 0 Å². The third kappa shape index (κ3) is 2.96. The van der Waals surface area contributed by atoms with Gasteiger partial charge in [0.1, 0.15) is 0 Å². The molecule has 1 aliphatic carbocycles. The van der Waals surface area contributed by atoms with E-state index >= 15 is 0 Å². The Kier molecular flexibility index (Phi) is 4.90. The largest absolute Gasteiger partial charge is 0.315 e. The highest BCUT2D eigenvalue weighted by Gasteiger charge is 2.26. The van der Waals surface area contributed by atoms with Crippen LogP contribution >= 0.6 is 0 Å². The molecular formula is C12H26N2. The number of nitrogens with zero attached hydrogens (tertiary/aromatic N) is 1. The van der Waals surface area contributed by atoms with Gasteiger partial charge in [-0.2, -0.15) is 0 Å². The molecule has 0 radical (unpaired) electrons. The van der Waals surface area contributed by atoms with Crippen LogP contribution in [0.5, 0.6) is 0 Å². The normalized spacial score (nSPS) is 29.6. The standard InChI is InChI=1S/C12H26N2/c1-10(2)14(4)12-9-7-5-6-8-11(12)13-3/h10-13H,5-9H2,1-4H3. The van der Waals surface area contributed by atoms with E-state index in [2.05, 4.69) is 38.2 Å². The lowest BCUT2D eigenvalue weighted by molar-refractivity contribution is 0.150. The lowest BCUT2D eigenvalue weighted by Gasteiger charge is -2.36. The Morgan fingerprint density at radius 1 is 1.14 bits per heavy atom. The van der Waals surface area contributed by atoms with E-state index in [4.69, 9.17) is 0 Å². The molecule has 1 fully saturated rings. The van der Waals surface area contributed by atoms with Crippen molar-refractivity contribution >= 4 is 0 Å². The maximum Gasteiger partial charge on any atom is 0.0248 e. The van der Waals surface area contributed by atoms with Crippen molar-refractivity contribution in [3.05, 3.63) is 0 Å². The summed E-state index contributed by atoms with van der Waals surface area (Å²) in [7, 11) is 4.38. The fourth-order valence-electron chi connectivity index (χ4n) is 2.50. The summed E-state index contributed by atoms with van der Waals surface area (Å²) in [6.07, 6.45) is 6.92. The fraction of sp³-hybridized carbons (Fsp3) is 1.00. The van der Waals surface area contributed by atoms with E-state index in [0.29, 0.717) is 12.1 Å². The molecule has 0 aromatic rings. The number of nitrogens with one attached hydrogen (secondary N) is 1. The first-order chi connectivity index (χ1) is 6.66. The van der Waals surface area contributed by atoms with E-state index < -0.39 is 0 Å². The van der Waals surface area contributed by atoms with Crippen molar-refractivity contribution in [2.45, 2.75) is 64.1 Å². The highest BCUT2D eigenvalue weighted by molar-refractivity contribution is 4.85. The molecule has 0 aromatic carbocycles. The minimum atomic E-state index is 0.661. The number of hydrogen-bond donors (Lipinski definition) is 1. The molecule has 0 aromatic heterocycles. The smallest absolute Gasteiger partial charge is 0.0248 e. The van der Waals surface area contributed by atoms with Crippen molar-refractivity contribution in [2.24, 2.45) is 0 Å². The average Bonchev–Trinajstić information content (AvgIpc) is 2.40. The summed E-state index contributed by atoms with van der Waals surface area (Å²) < 4.78 is 0. The van der Waals surface area contributed by atoms with Gasteiger partial charge in [0.15, 0.2) is 0 Å². The summed E-state index contributed by atoms with van der Waals surface area (Å²) in [6.45, 7) is 4.58. The van der Waals surface area contributed by atoms with Gasteiger partial charge in [0.05, 0.1) is 0 Å². The number of likely N-dealkylation sites (N-methyl/N-ethyl adjacent to an activating group) is 2. The molecule has 0 spiro atoms. The minimum absolute atomic E-state index is 0.661. The van der Waals surface area contributed by atoms with Crippen molar-refractivity contribution in [1.29, 1.82) is 0 Å². The van der Waals surface area contributed by atoms with Gasteiger partial charge in [0, 0.05) is 18.1 Å². The molecule has 0 bridgehead atoms. The molecule has 2 heteroatoms. The molecule has 0 aliphatic heterocycles. The van der Waals surface area contributed by atoms with Gasteiger partial charge in [0.2, 0.25) is 0 Å². The van der Waals surface area contributed by atoms with Crippen molar-refractivity contribution < 1.29 is 0 Å². The lowest BCUT2D eigenvalue weighted by Crippen LogP contribution is -2.49. The molecule has 0 amide bonds. The third-order valence-electron chi connectivity index (χ3n) is 3.69. The van der Waals surface area contributed by atoms with Crippen LogP contribution in [0.3, 0.4) is 0 Å². The first-order valence-corrected chi connectivity index (χ1v) is 6.06. The Hall–Kier alpha value is -0.0800. The Morgan fingerprint density at radius 3 is 2.36 bits per heavy atom. The van der Waals surface area contributed by atoms with Crippen LogP contribution in [0.1, 0.15) is 46.0 Å². The van der Waals surface area contributed by atoms with Crippen LogP contribution in [-0.4, -0.2) is 37.1 Å². The highest BCUT2D eigenvalue weighted by Crippen LogP contribution is 2.22. The van der Waals surface area contributed by atoms with Gasteiger partial charge >= 0.3 is 0 Å². The van der Waals surface area contributed by atoms with Crippen LogP contribution in [0, 0.1) is 0 Å². The molecule has 1 rings (SSSR count). The maximum absolute atomic E-state index is 3.49. The number of rotatable bonds is 3. The first-order valence-electron chi connectivity index (χ1n) is 6.06. The van der Waals surface area contributed by atoms with Crippen molar-refractivity contribution in [3.63, 3.8) is 0 Å². The predicted octanol–water partition coefficient (Wildman–Crippen LogP) is 2.25. The molecule has 2 atom stereocenters. The highest BCUT2D eigenvalue weighted by atomic mass is 15.2. The van der Waals surface area contributed by atoms with E-state index in [-0.39, 0.29) is 0 Å². The van der Waals surface area contributed by atoms with Gasteiger partial charge in [-0.05, 0) is 40.8 Å².